The third-order valence-electron chi connectivity index (χ3n) is 5.84. The summed E-state index contributed by atoms with van der Waals surface area (Å²) < 4.78 is 14.9. The lowest BCUT2D eigenvalue weighted by atomic mass is 10.1. The third-order valence-corrected chi connectivity index (χ3v) is 6.69. The molecule has 3 aromatic heterocycles. The van der Waals surface area contributed by atoms with Gasteiger partial charge in [-0.15, -0.1) is 23.7 Å². The molecule has 2 N–H and O–H groups in total. The van der Waals surface area contributed by atoms with Crippen LogP contribution in [0.1, 0.15) is 28.9 Å². The molecule has 34 heavy (non-hydrogen) atoms. The minimum absolute atomic E-state index is 0. The van der Waals surface area contributed by atoms with Crippen molar-refractivity contribution in [2.75, 3.05) is 18.4 Å². The summed E-state index contributed by atoms with van der Waals surface area (Å²) in [6.45, 7) is 2.26. The van der Waals surface area contributed by atoms with E-state index in [9.17, 15) is 4.79 Å². The number of thiophene rings is 1. The Kier molecular flexibility index (Phi) is 7.72. The number of aryl methyl sites for hydroxylation is 1. The summed E-state index contributed by atoms with van der Waals surface area (Å²) >= 11 is 1.63. The second-order valence-corrected chi connectivity index (χ2v) is 9.01. The zero-order valence-corrected chi connectivity index (χ0v) is 20.5. The van der Waals surface area contributed by atoms with Crippen molar-refractivity contribution in [2.45, 2.75) is 25.6 Å². The van der Waals surface area contributed by atoms with Crippen molar-refractivity contribution < 1.29 is 14.3 Å². The predicted molar refractivity (Wildman–Crippen MR) is 138 cm³/mol. The van der Waals surface area contributed by atoms with Crippen LogP contribution in [-0.4, -0.2) is 34.7 Å². The van der Waals surface area contributed by atoms with Gasteiger partial charge in [0.15, 0.2) is 0 Å². The average Bonchev–Trinajstić information content (AvgIpc) is 3.43. The van der Waals surface area contributed by atoms with Crippen molar-refractivity contribution in [1.29, 1.82) is 0 Å². The van der Waals surface area contributed by atoms with E-state index in [1.165, 1.54) is 0 Å². The van der Waals surface area contributed by atoms with Crippen LogP contribution in [0.5, 0.6) is 11.6 Å². The minimum atomic E-state index is -0.147. The minimum Gasteiger partial charge on any atom is -0.489 e. The summed E-state index contributed by atoms with van der Waals surface area (Å²) in [6, 6.07) is 15.3. The Labute approximate surface area is 208 Å². The molecule has 178 valence electrons. The van der Waals surface area contributed by atoms with Crippen molar-refractivity contribution in [2.24, 2.45) is 7.05 Å². The topological polar surface area (TPSA) is 77.4 Å². The monoisotopic (exact) mass is 498 g/mol. The Bertz CT molecular complexity index is 1250. The molecule has 1 fully saturated rings. The van der Waals surface area contributed by atoms with E-state index in [2.05, 4.69) is 15.6 Å². The number of carbonyl (C=O) groups excluding carboxylic acids is 1. The van der Waals surface area contributed by atoms with Gasteiger partial charge in [-0.3, -0.25) is 4.79 Å². The van der Waals surface area contributed by atoms with Gasteiger partial charge >= 0.3 is 0 Å². The quantitative estimate of drug-likeness (QED) is 0.374. The summed E-state index contributed by atoms with van der Waals surface area (Å²) in [4.78, 5) is 17.3. The fourth-order valence-corrected chi connectivity index (χ4v) is 4.85. The van der Waals surface area contributed by atoms with Gasteiger partial charge < -0.3 is 24.7 Å². The average molecular weight is 499 g/mol. The first-order valence-corrected chi connectivity index (χ1v) is 11.9. The van der Waals surface area contributed by atoms with Crippen LogP contribution in [-0.2, 0) is 13.7 Å². The number of fused-ring (bicyclic) bond motifs is 1. The lowest BCUT2D eigenvalue weighted by molar-refractivity contribution is 0.101. The first-order chi connectivity index (χ1) is 16.2. The third kappa shape index (κ3) is 5.35. The number of nitrogens with one attached hydrogen (secondary N) is 2. The van der Waals surface area contributed by atoms with E-state index < -0.39 is 0 Å². The molecule has 5 rings (SSSR count). The van der Waals surface area contributed by atoms with Gasteiger partial charge in [-0.2, -0.15) is 0 Å². The van der Waals surface area contributed by atoms with Crippen LogP contribution in [0, 0.1) is 0 Å². The van der Waals surface area contributed by atoms with Gasteiger partial charge in [0.2, 0.25) is 5.88 Å². The van der Waals surface area contributed by atoms with Crippen LogP contribution < -0.4 is 20.1 Å². The summed E-state index contributed by atoms with van der Waals surface area (Å²) in [5.41, 5.74) is 3.27. The summed E-state index contributed by atoms with van der Waals surface area (Å²) in [5.74, 6) is 1.12. The number of nitrogens with zero attached hydrogens (tertiary/aromatic N) is 2. The van der Waals surface area contributed by atoms with Gasteiger partial charge in [-0.05, 0) is 55.6 Å². The molecule has 0 spiro atoms. The molecule has 0 unspecified atom stereocenters. The molecule has 9 heteroatoms. The second kappa shape index (κ2) is 10.9. The largest absolute Gasteiger partial charge is 0.489 e. The number of amides is 1. The molecule has 1 aliphatic heterocycles. The number of piperidine rings is 1. The predicted octanol–water partition coefficient (Wildman–Crippen LogP) is 5.02. The van der Waals surface area contributed by atoms with Gasteiger partial charge in [0.1, 0.15) is 24.2 Å². The number of anilines is 1. The maximum atomic E-state index is 12.9. The smallest absolute Gasteiger partial charge is 0.272 e. The maximum Gasteiger partial charge on any atom is 0.272 e. The van der Waals surface area contributed by atoms with E-state index in [0.29, 0.717) is 18.2 Å². The zero-order valence-electron chi connectivity index (χ0n) is 18.8. The first-order valence-electron chi connectivity index (χ1n) is 11.1. The molecule has 1 aliphatic rings. The number of carbonyl (C=O) groups is 1. The molecule has 1 saturated heterocycles. The number of aromatic nitrogens is 2. The van der Waals surface area contributed by atoms with Gasteiger partial charge in [0.05, 0.1) is 16.4 Å². The highest BCUT2D eigenvalue weighted by molar-refractivity contribution is 7.17. The van der Waals surface area contributed by atoms with Gasteiger partial charge in [-0.25, -0.2) is 4.98 Å². The Morgan fingerprint density at radius 1 is 1.21 bits per heavy atom. The van der Waals surface area contributed by atoms with Gasteiger partial charge in [0.25, 0.3) is 5.91 Å². The maximum absolute atomic E-state index is 12.9. The molecule has 4 heterocycles. The first kappa shape index (κ1) is 24.1. The fourth-order valence-electron chi connectivity index (χ4n) is 4.00. The van der Waals surface area contributed by atoms with Crippen molar-refractivity contribution in [3.05, 3.63) is 71.4 Å². The molecule has 4 aromatic rings. The number of pyridine rings is 1. The Morgan fingerprint density at radius 2 is 2.03 bits per heavy atom. The normalized spacial score (nSPS) is 13.9. The van der Waals surface area contributed by atoms with Crippen LogP contribution in [0.25, 0.3) is 10.2 Å². The molecule has 7 nitrogen and oxygen atoms in total. The van der Waals surface area contributed by atoms with E-state index in [1.807, 2.05) is 65.5 Å². The number of halogens is 1. The Morgan fingerprint density at radius 3 is 2.79 bits per heavy atom. The van der Waals surface area contributed by atoms with Gasteiger partial charge in [0, 0.05) is 24.4 Å². The van der Waals surface area contributed by atoms with Gasteiger partial charge in [-0.1, -0.05) is 18.2 Å². The van der Waals surface area contributed by atoms with Crippen molar-refractivity contribution in [1.82, 2.24) is 14.9 Å². The standard InChI is InChI=1S/C25H26N4O3S.ClH/c1-29-21-10-13-33-23(21)14-22(29)25(30)28-20-5-3-2-4-17(20)16-31-24-7-6-19(15-27-24)32-18-8-11-26-12-9-18;/h2-7,10,13-15,18,26H,8-9,11-12,16H2,1H3,(H,28,30);1H. The van der Waals surface area contributed by atoms with E-state index in [-0.39, 0.29) is 24.4 Å². The van der Waals surface area contributed by atoms with Crippen molar-refractivity contribution >= 4 is 45.6 Å². The van der Waals surface area contributed by atoms with Crippen LogP contribution >= 0.6 is 23.7 Å². The highest BCUT2D eigenvalue weighted by Crippen LogP contribution is 2.26. The van der Waals surface area contributed by atoms with Crippen LogP contribution in [0.4, 0.5) is 5.69 Å². The Hall–Kier alpha value is -3.07. The zero-order chi connectivity index (χ0) is 22.6. The molecule has 0 bridgehead atoms. The van der Waals surface area contributed by atoms with E-state index >= 15 is 0 Å². The number of benzene rings is 1. The molecular formula is C25H27ClN4O3S. The fraction of sp³-hybridized carbons (Fsp3) is 0.280. The lowest BCUT2D eigenvalue weighted by Gasteiger charge is -2.23. The van der Waals surface area contributed by atoms with Crippen molar-refractivity contribution in [3.8, 4) is 11.6 Å². The Balaban J connectivity index is 0.00000274. The number of para-hydroxylation sites is 1. The number of hydrogen-bond donors (Lipinski definition) is 2. The van der Waals surface area contributed by atoms with Crippen LogP contribution in [0.3, 0.4) is 0 Å². The number of hydrogen-bond acceptors (Lipinski definition) is 6. The molecule has 0 radical (unpaired) electrons. The molecule has 1 amide bonds. The molecule has 0 saturated carbocycles. The molecule has 1 aromatic carbocycles. The molecule has 0 atom stereocenters. The number of rotatable bonds is 7. The van der Waals surface area contributed by atoms with Crippen molar-refractivity contribution in [3.63, 3.8) is 0 Å². The SMILES string of the molecule is Cl.Cn1c(C(=O)Nc2ccccc2COc2ccc(OC3CCNCC3)cn2)cc2sccc21. The van der Waals surface area contributed by atoms with Crippen LogP contribution in [0.15, 0.2) is 60.1 Å². The summed E-state index contributed by atoms with van der Waals surface area (Å²) in [5, 5.41) is 8.39. The van der Waals surface area contributed by atoms with E-state index in [4.69, 9.17) is 9.47 Å². The highest BCUT2D eigenvalue weighted by Gasteiger charge is 2.16. The highest BCUT2D eigenvalue weighted by atomic mass is 35.5. The summed E-state index contributed by atoms with van der Waals surface area (Å²) in [7, 11) is 1.91. The lowest BCUT2D eigenvalue weighted by Crippen LogP contribution is -2.34. The second-order valence-electron chi connectivity index (χ2n) is 8.06. The van der Waals surface area contributed by atoms with E-state index in [0.717, 1.165) is 53.1 Å². The molecular weight excluding hydrogens is 472 g/mol. The summed E-state index contributed by atoms with van der Waals surface area (Å²) in [6.07, 6.45) is 3.94. The number of ether oxygens (including phenoxy) is 2. The van der Waals surface area contributed by atoms with Crippen LogP contribution in [0.2, 0.25) is 0 Å². The molecule has 0 aliphatic carbocycles. The van der Waals surface area contributed by atoms with E-state index in [1.54, 1.807) is 17.5 Å².